The van der Waals surface area contributed by atoms with Crippen LogP contribution in [0.15, 0.2) is 78.9 Å². The molecule has 0 saturated carbocycles. The second kappa shape index (κ2) is 7.20. The third-order valence-electron chi connectivity index (χ3n) is 8.07. The third-order valence-corrected chi connectivity index (χ3v) is 8.30. The van der Waals surface area contributed by atoms with Crippen LogP contribution in [0.5, 0.6) is 0 Å². The van der Waals surface area contributed by atoms with Crippen molar-refractivity contribution in [3.63, 3.8) is 0 Å². The van der Waals surface area contributed by atoms with Crippen LogP contribution in [0.2, 0.25) is 5.02 Å². The van der Waals surface area contributed by atoms with Crippen LogP contribution in [-0.2, 0) is 19.9 Å². The fourth-order valence-electron chi connectivity index (χ4n) is 6.24. The number of anilines is 3. The highest BCUT2D eigenvalue weighted by Gasteiger charge is 2.77. The van der Waals surface area contributed by atoms with Gasteiger partial charge in [-0.05, 0) is 70.2 Å². The van der Waals surface area contributed by atoms with E-state index in [1.165, 1.54) is 0 Å². The highest BCUT2D eigenvalue weighted by Crippen LogP contribution is 2.64. The molecule has 6 nitrogen and oxygen atoms in total. The first kappa shape index (κ1) is 22.8. The molecule has 0 N–H and O–H groups in total. The number of carbonyl (C=O) groups excluding carboxylic acids is 3. The van der Waals surface area contributed by atoms with E-state index in [0.717, 1.165) is 5.69 Å². The molecule has 7 heteroatoms. The van der Waals surface area contributed by atoms with E-state index in [2.05, 4.69) is 0 Å². The molecule has 1 spiro atoms. The Bertz CT molecular complexity index is 1440. The molecule has 0 bridgehead atoms. The summed E-state index contributed by atoms with van der Waals surface area (Å²) in [6.45, 7) is 7.35. The molecule has 3 aromatic rings. The minimum absolute atomic E-state index is 0.0631. The van der Waals surface area contributed by atoms with E-state index >= 15 is 0 Å². The van der Waals surface area contributed by atoms with Crippen molar-refractivity contribution in [3.05, 3.63) is 89.4 Å². The van der Waals surface area contributed by atoms with Crippen LogP contribution < -0.4 is 14.7 Å². The molecule has 0 aliphatic carbocycles. The minimum Gasteiger partial charge on any atom is -0.291 e. The number of hydrogen-bond donors (Lipinski definition) is 0. The first-order valence-corrected chi connectivity index (χ1v) is 12.4. The molecule has 0 radical (unpaired) electrons. The second-order valence-corrected chi connectivity index (χ2v) is 11.2. The normalized spacial score (nSPS) is 25.6. The molecule has 0 unspecified atom stereocenters. The Morgan fingerprint density at radius 3 is 1.89 bits per heavy atom. The van der Waals surface area contributed by atoms with Gasteiger partial charge >= 0.3 is 0 Å². The second-order valence-electron chi connectivity index (χ2n) is 10.8. The summed E-state index contributed by atoms with van der Waals surface area (Å²) >= 11 is 6.48. The smallest absolute Gasteiger partial charge is 0.260 e. The number of hydrogen-bond acceptors (Lipinski definition) is 3. The molecular formula is C29H26ClN3O3. The van der Waals surface area contributed by atoms with Crippen molar-refractivity contribution in [2.75, 3.05) is 14.7 Å². The molecule has 2 saturated heterocycles. The highest BCUT2D eigenvalue weighted by atomic mass is 35.5. The average Bonchev–Trinajstić information content (AvgIpc) is 3.12. The lowest BCUT2D eigenvalue weighted by Gasteiger charge is -2.61. The summed E-state index contributed by atoms with van der Waals surface area (Å²) < 4.78 is 0. The predicted octanol–water partition coefficient (Wildman–Crippen LogP) is 5.35. The molecule has 3 aliphatic rings. The topological polar surface area (TPSA) is 60.9 Å². The number of nitrogens with zero attached hydrogens (tertiary/aromatic N) is 3. The number of carbonyl (C=O) groups is 3. The number of rotatable bonds is 3. The van der Waals surface area contributed by atoms with Gasteiger partial charge in [-0.3, -0.25) is 29.1 Å². The van der Waals surface area contributed by atoms with Crippen LogP contribution in [0.3, 0.4) is 0 Å². The first-order chi connectivity index (χ1) is 17.1. The molecular weight excluding hydrogens is 474 g/mol. The Morgan fingerprint density at radius 2 is 1.28 bits per heavy atom. The Labute approximate surface area is 215 Å². The summed E-state index contributed by atoms with van der Waals surface area (Å²) in [4.78, 5) is 46.7. The van der Waals surface area contributed by atoms with Crippen LogP contribution in [-0.4, -0.2) is 23.9 Å². The largest absolute Gasteiger partial charge is 0.291 e. The van der Waals surface area contributed by atoms with Gasteiger partial charge in [-0.15, -0.1) is 0 Å². The molecule has 36 heavy (non-hydrogen) atoms. The monoisotopic (exact) mass is 499 g/mol. The Balaban J connectivity index is 1.58. The highest BCUT2D eigenvalue weighted by molar-refractivity contribution is 6.32. The number of amides is 3. The van der Waals surface area contributed by atoms with Crippen LogP contribution in [0.25, 0.3) is 0 Å². The van der Waals surface area contributed by atoms with Crippen molar-refractivity contribution in [2.24, 2.45) is 10.8 Å². The summed E-state index contributed by atoms with van der Waals surface area (Å²) in [5.74, 6) is -0.440. The van der Waals surface area contributed by atoms with Gasteiger partial charge in [-0.1, -0.05) is 48.0 Å². The summed E-state index contributed by atoms with van der Waals surface area (Å²) in [5, 5.41) is 0.481. The number of para-hydroxylation sites is 2. The molecule has 3 aromatic carbocycles. The molecule has 6 rings (SSSR count). The number of halogens is 1. The van der Waals surface area contributed by atoms with Gasteiger partial charge < -0.3 is 0 Å². The standard InChI is InChI=1S/C29H26ClN3O3/c1-27(2)23(31(24(27)34)19-11-7-5-8-12-19)32-22-16-15-18(30)17-21(22)29(26(32)36)28(3,4)25(35)33(29)20-13-9-6-10-14-20/h5-17,23H,1-4H3/t23-,29-/m0/s1. The number of benzene rings is 3. The fraction of sp³-hybridized carbons (Fsp3) is 0.276. The van der Waals surface area contributed by atoms with E-state index in [9.17, 15) is 14.4 Å². The van der Waals surface area contributed by atoms with Crippen LogP contribution in [0, 0.1) is 10.8 Å². The summed E-state index contributed by atoms with van der Waals surface area (Å²) in [6, 6.07) is 24.0. The fourth-order valence-corrected chi connectivity index (χ4v) is 6.42. The lowest BCUT2D eigenvalue weighted by atomic mass is 9.59. The van der Waals surface area contributed by atoms with Gasteiger partial charge in [0.1, 0.15) is 6.17 Å². The molecule has 0 aromatic heterocycles. The molecule has 3 amide bonds. The number of β-lactam (4-membered cyclic amide) rings is 2. The van der Waals surface area contributed by atoms with Crippen molar-refractivity contribution >= 4 is 46.4 Å². The van der Waals surface area contributed by atoms with E-state index in [4.69, 9.17) is 11.6 Å². The molecule has 2 atom stereocenters. The van der Waals surface area contributed by atoms with Gasteiger partial charge in [0.2, 0.25) is 11.8 Å². The van der Waals surface area contributed by atoms with Crippen molar-refractivity contribution < 1.29 is 14.4 Å². The maximum absolute atomic E-state index is 14.8. The molecule has 182 valence electrons. The van der Waals surface area contributed by atoms with Gasteiger partial charge in [-0.2, -0.15) is 0 Å². The van der Waals surface area contributed by atoms with E-state index in [-0.39, 0.29) is 17.7 Å². The van der Waals surface area contributed by atoms with Gasteiger partial charge in [0.05, 0.1) is 16.5 Å². The van der Waals surface area contributed by atoms with E-state index in [0.29, 0.717) is 22.0 Å². The summed E-state index contributed by atoms with van der Waals surface area (Å²) in [6.07, 6.45) is -0.566. The van der Waals surface area contributed by atoms with E-state index in [1.807, 2.05) is 94.4 Å². The zero-order valence-corrected chi connectivity index (χ0v) is 21.3. The average molecular weight is 500 g/mol. The summed E-state index contributed by atoms with van der Waals surface area (Å²) in [5.41, 5.74) is -0.434. The lowest BCUT2D eigenvalue weighted by Crippen LogP contribution is -2.80. The zero-order chi connectivity index (χ0) is 25.6. The quantitative estimate of drug-likeness (QED) is 0.456. The summed E-state index contributed by atoms with van der Waals surface area (Å²) in [7, 11) is 0. The van der Waals surface area contributed by atoms with Crippen LogP contribution in [0.1, 0.15) is 33.3 Å². The maximum atomic E-state index is 14.8. The SMILES string of the molecule is CC1(C)C(=O)N(c2ccccc2)[C@H]1N1C(=O)[C@]2(c3cc(Cl)ccc31)N(c1ccccc1)C(=O)C2(C)C. The lowest BCUT2D eigenvalue weighted by molar-refractivity contribution is -0.154. The molecule has 3 heterocycles. The van der Waals surface area contributed by atoms with Crippen LogP contribution in [0.4, 0.5) is 17.1 Å². The van der Waals surface area contributed by atoms with Crippen molar-refractivity contribution in [1.29, 1.82) is 0 Å². The van der Waals surface area contributed by atoms with E-state index in [1.54, 1.807) is 26.8 Å². The van der Waals surface area contributed by atoms with Gasteiger partial charge in [-0.25, -0.2) is 0 Å². The predicted molar refractivity (Wildman–Crippen MR) is 140 cm³/mol. The van der Waals surface area contributed by atoms with Crippen LogP contribution >= 0.6 is 11.6 Å². The van der Waals surface area contributed by atoms with E-state index < -0.39 is 22.5 Å². The van der Waals surface area contributed by atoms with Gasteiger partial charge in [0, 0.05) is 22.0 Å². The van der Waals surface area contributed by atoms with Gasteiger partial charge in [0.25, 0.3) is 5.91 Å². The minimum atomic E-state index is -1.29. The zero-order valence-electron chi connectivity index (χ0n) is 20.5. The molecule has 2 fully saturated rings. The molecule has 3 aliphatic heterocycles. The van der Waals surface area contributed by atoms with Crippen molar-refractivity contribution in [1.82, 2.24) is 0 Å². The first-order valence-electron chi connectivity index (χ1n) is 12.0. The van der Waals surface area contributed by atoms with Crippen molar-refractivity contribution in [3.8, 4) is 0 Å². The van der Waals surface area contributed by atoms with Crippen molar-refractivity contribution in [2.45, 2.75) is 39.4 Å². The maximum Gasteiger partial charge on any atom is 0.260 e. The Hall–Kier alpha value is -3.64. The van der Waals surface area contributed by atoms with Gasteiger partial charge in [0.15, 0.2) is 5.54 Å². The number of fused-ring (bicyclic) bond motifs is 2. The Morgan fingerprint density at radius 1 is 0.694 bits per heavy atom. The third kappa shape index (κ3) is 2.50. The Kier molecular flexibility index (Phi) is 4.56.